The number of fused-ring (bicyclic) bond motifs is 1. The summed E-state index contributed by atoms with van der Waals surface area (Å²) >= 11 is 1.46. The van der Waals surface area contributed by atoms with Crippen molar-refractivity contribution >= 4 is 11.3 Å². The number of alkyl halides is 3. The van der Waals surface area contributed by atoms with Gasteiger partial charge in [-0.15, -0.1) is 0 Å². The van der Waals surface area contributed by atoms with E-state index in [0.717, 1.165) is 5.56 Å². The van der Waals surface area contributed by atoms with Gasteiger partial charge in [-0.2, -0.15) is 24.5 Å². The van der Waals surface area contributed by atoms with E-state index in [0.29, 0.717) is 29.9 Å². The standard InChI is InChI=1S/C13H9F3OS/c14-13(15,16)10-5-8-1-3-17-12(8)11(6-10)9-2-4-18-7-9/h2,4-7H,1,3H2. The van der Waals surface area contributed by atoms with E-state index < -0.39 is 11.7 Å². The van der Waals surface area contributed by atoms with Crippen molar-refractivity contribution < 1.29 is 17.9 Å². The minimum atomic E-state index is -4.32. The van der Waals surface area contributed by atoms with E-state index in [1.54, 1.807) is 0 Å². The van der Waals surface area contributed by atoms with Gasteiger partial charge >= 0.3 is 6.18 Å². The maximum atomic E-state index is 12.8. The van der Waals surface area contributed by atoms with Gasteiger partial charge in [-0.05, 0) is 40.1 Å². The van der Waals surface area contributed by atoms with E-state index in [9.17, 15) is 13.2 Å². The van der Waals surface area contributed by atoms with E-state index in [2.05, 4.69) is 0 Å². The normalized spacial score (nSPS) is 14.4. The fourth-order valence-corrected chi connectivity index (χ4v) is 2.76. The van der Waals surface area contributed by atoms with Crippen molar-refractivity contribution in [3.63, 3.8) is 0 Å². The van der Waals surface area contributed by atoms with Gasteiger partial charge < -0.3 is 4.74 Å². The highest BCUT2D eigenvalue weighted by Gasteiger charge is 2.33. The maximum absolute atomic E-state index is 12.8. The average molecular weight is 270 g/mol. The van der Waals surface area contributed by atoms with Crippen molar-refractivity contribution in [3.05, 3.63) is 40.1 Å². The predicted octanol–water partition coefficient (Wildman–Crippen LogP) is 4.37. The molecule has 0 atom stereocenters. The molecule has 1 nitrogen and oxygen atoms in total. The maximum Gasteiger partial charge on any atom is 0.416 e. The monoisotopic (exact) mass is 270 g/mol. The zero-order chi connectivity index (χ0) is 12.8. The molecular formula is C13H9F3OS. The second-order valence-electron chi connectivity index (χ2n) is 4.12. The topological polar surface area (TPSA) is 9.23 Å². The van der Waals surface area contributed by atoms with Crippen molar-refractivity contribution in [2.45, 2.75) is 12.6 Å². The van der Waals surface area contributed by atoms with Crippen molar-refractivity contribution in [2.24, 2.45) is 0 Å². The second-order valence-corrected chi connectivity index (χ2v) is 4.90. The number of rotatable bonds is 1. The molecule has 94 valence electrons. The molecule has 1 aliphatic heterocycles. The molecule has 2 heterocycles. The number of ether oxygens (including phenoxy) is 1. The number of hydrogen-bond donors (Lipinski definition) is 0. The van der Waals surface area contributed by atoms with Crippen LogP contribution in [-0.4, -0.2) is 6.61 Å². The first-order valence-electron chi connectivity index (χ1n) is 5.45. The fourth-order valence-electron chi connectivity index (χ4n) is 2.10. The molecular weight excluding hydrogens is 261 g/mol. The summed E-state index contributed by atoms with van der Waals surface area (Å²) in [6, 6.07) is 4.17. The van der Waals surface area contributed by atoms with Gasteiger partial charge in [0.25, 0.3) is 0 Å². The summed E-state index contributed by atoms with van der Waals surface area (Å²) in [5, 5.41) is 3.67. The van der Waals surface area contributed by atoms with Crippen LogP contribution in [0.25, 0.3) is 11.1 Å². The Hall–Kier alpha value is -1.49. The molecule has 1 aromatic heterocycles. The molecule has 0 bridgehead atoms. The van der Waals surface area contributed by atoms with Crippen LogP contribution in [0.5, 0.6) is 5.75 Å². The summed E-state index contributed by atoms with van der Waals surface area (Å²) in [6.45, 7) is 0.452. The first-order chi connectivity index (χ1) is 8.55. The molecule has 0 fully saturated rings. The Morgan fingerprint density at radius 2 is 2.06 bits per heavy atom. The van der Waals surface area contributed by atoms with Crippen LogP contribution in [-0.2, 0) is 12.6 Å². The molecule has 1 aliphatic rings. The second kappa shape index (κ2) is 4.02. The fraction of sp³-hybridized carbons (Fsp3) is 0.231. The van der Waals surface area contributed by atoms with Crippen LogP contribution in [0.4, 0.5) is 13.2 Å². The summed E-state index contributed by atoms with van der Waals surface area (Å²) in [6.07, 6.45) is -3.78. The highest BCUT2D eigenvalue weighted by molar-refractivity contribution is 7.08. The van der Waals surface area contributed by atoms with Crippen LogP contribution in [0.15, 0.2) is 29.0 Å². The third-order valence-electron chi connectivity index (χ3n) is 2.94. The molecule has 0 amide bonds. The van der Waals surface area contributed by atoms with Gasteiger partial charge in [0.15, 0.2) is 0 Å². The van der Waals surface area contributed by atoms with Crippen LogP contribution in [0.1, 0.15) is 11.1 Å². The van der Waals surface area contributed by atoms with Gasteiger partial charge in [-0.25, -0.2) is 0 Å². The SMILES string of the molecule is FC(F)(F)c1cc2c(c(-c3ccsc3)c1)OCC2. The zero-order valence-electron chi connectivity index (χ0n) is 9.25. The number of hydrogen-bond acceptors (Lipinski definition) is 2. The van der Waals surface area contributed by atoms with E-state index >= 15 is 0 Å². The van der Waals surface area contributed by atoms with Crippen molar-refractivity contribution in [2.75, 3.05) is 6.61 Å². The summed E-state index contributed by atoms with van der Waals surface area (Å²) in [4.78, 5) is 0. The lowest BCUT2D eigenvalue weighted by atomic mass is 9.99. The summed E-state index contributed by atoms with van der Waals surface area (Å²) in [5.41, 5.74) is 1.36. The highest BCUT2D eigenvalue weighted by atomic mass is 32.1. The number of benzene rings is 1. The van der Waals surface area contributed by atoms with Gasteiger partial charge in [0.1, 0.15) is 5.75 Å². The molecule has 0 radical (unpaired) electrons. The lowest BCUT2D eigenvalue weighted by molar-refractivity contribution is -0.137. The minimum absolute atomic E-state index is 0.452. The van der Waals surface area contributed by atoms with Crippen LogP contribution < -0.4 is 4.74 Å². The van der Waals surface area contributed by atoms with Crippen LogP contribution in [0.2, 0.25) is 0 Å². The smallest absolute Gasteiger partial charge is 0.416 e. The van der Waals surface area contributed by atoms with Crippen LogP contribution >= 0.6 is 11.3 Å². The Labute approximate surface area is 106 Å². The average Bonchev–Trinajstić information content (AvgIpc) is 2.97. The molecule has 0 unspecified atom stereocenters. The largest absolute Gasteiger partial charge is 0.492 e. The van der Waals surface area contributed by atoms with Crippen molar-refractivity contribution in [1.82, 2.24) is 0 Å². The van der Waals surface area contributed by atoms with Gasteiger partial charge in [0.05, 0.1) is 12.2 Å². The molecule has 5 heteroatoms. The minimum Gasteiger partial charge on any atom is -0.492 e. The van der Waals surface area contributed by atoms with Gasteiger partial charge in [-0.1, -0.05) is 0 Å². The highest BCUT2D eigenvalue weighted by Crippen LogP contribution is 2.42. The first kappa shape index (κ1) is 11.6. The van der Waals surface area contributed by atoms with E-state index in [-0.39, 0.29) is 0 Å². The van der Waals surface area contributed by atoms with Crippen LogP contribution in [0, 0.1) is 0 Å². The molecule has 0 saturated heterocycles. The van der Waals surface area contributed by atoms with Crippen LogP contribution in [0.3, 0.4) is 0 Å². The summed E-state index contributed by atoms with van der Waals surface area (Å²) in [7, 11) is 0. The third-order valence-corrected chi connectivity index (χ3v) is 3.63. The van der Waals surface area contributed by atoms with Gasteiger partial charge in [0, 0.05) is 12.0 Å². The first-order valence-corrected chi connectivity index (χ1v) is 6.39. The third kappa shape index (κ3) is 1.88. The van der Waals surface area contributed by atoms with E-state index in [1.165, 1.54) is 23.5 Å². The lowest BCUT2D eigenvalue weighted by Crippen LogP contribution is -2.05. The zero-order valence-corrected chi connectivity index (χ0v) is 10.1. The number of halogens is 3. The molecule has 18 heavy (non-hydrogen) atoms. The lowest BCUT2D eigenvalue weighted by Gasteiger charge is -2.12. The Balaban J connectivity index is 2.21. The molecule has 0 N–H and O–H groups in total. The van der Waals surface area contributed by atoms with E-state index in [1.807, 2.05) is 16.8 Å². The Morgan fingerprint density at radius 1 is 1.22 bits per heavy atom. The quantitative estimate of drug-likeness (QED) is 0.747. The molecule has 3 rings (SSSR count). The Morgan fingerprint density at radius 3 is 2.72 bits per heavy atom. The summed E-state index contributed by atoms with van der Waals surface area (Å²) in [5.74, 6) is 0.599. The Kier molecular flexibility index (Phi) is 2.59. The summed E-state index contributed by atoms with van der Waals surface area (Å²) < 4.78 is 44.0. The molecule has 2 aromatic rings. The molecule has 0 aliphatic carbocycles. The van der Waals surface area contributed by atoms with Gasteiger partial charge in [-0.3, -0.25) is 0 Å². The van der Waals surface area contributed by atoms with E-state index in [4.69, 9.17) is 4.74 Å². The number of thiophene rings is 1. The molecule has 0 spiro atoms. The molecule has 0 saturated carbocycles. The molecule has 1 aromatic carbocycles. The van der Waals surface area contributed by atoms with Crippen molar-refractivity contribution in [3.8, 4) is 16.9 Å². The predicted molar refractivity (Wildman–Crippen MR) is 64.0 cm³/mol. The van der Waals surface area contributed by atoms with Crippen molar-refractivity contribution in [1.29, 1.82) is 0 Å². The Bertz CT molecular complexity index is 573. The van der Waals surface area contributed by atoms with Gasteiger partial charge in [0.2, 0.25) is 0 Å².